The van der Waals surface area contributed by atoms with Gasteiger partial charge < -0.3 is 0 Å². The van der Waals surface area contributed by atoms with E-state index in [1.165, 1.54) is 44.9 Å². The Morgan fingerprint density at radius 1 is 1.00 bits per heavy atom. The van der Waals surface area contributed by atoms with Crippen molar-refractivity contribution in [2.24, 2.45) is 34.5 Å². The quantitative estimate of drug-likeness (QED) is 0.618. The first-order valence-corrected chi connectivity index (χ1v) is 9.15. The molecule has 0 bridgehead atoms. The van der Waals surface area contributed by atoms with E-state index in [9.17, 15) is 9.18 Å². The highest BCUT2D eigenvalue weighted by Crippen LogP contribution is 2.65. The smallest absolute Gasteiger partial charge is 0.173 e. The van der Waals surface area contributed by atoms with E-state index in [4.69, 9.17) is 0 Å². The first kappa shape index (κ1) is 14.2. The van der Waals surface area contributed by atoms with Gasteiger partial charge in [0.25, 0.3) is 0 Å². The Morgan fingerprint density at radius 2 is 1.81 bits per heavy atom. The molecule has 4 aliphatic carbocycles. The summed E-state index contributed by atoms with van der Waals surface area (Å²) in [5.41, 5.74) is 0.151. The van der Waals surface area contributed by atoms with Gasteiger partial charge in [-0.25, -0.2) is 4.39 Å². The van der Waals surface area contributed by atoms with Gasteiger partial charge in [0.2, 0.25) is 0 Å². The normalized spacial score (nSPS) is 56.5. The Kier molecular flexibility index (Phi) is 3.08. The number of fused-ring (bicyclic) bond motifs is 5. The first-order chi connectivity index (χ1) is 9.97. The highest BCUT2D eigenvalue weighted by Gasteiger charge is 2.62. The van der Waals surface area contributed by atoms with Crippen LogP contribution in [-0.2, 0) is 4.79 Å². The molecule has 4 aliphatic rings. The van der Waals surface area contributed by atoms with Gasteiger partial charge in [0.15, 0.2) is 12.0 Å². The number of hydrogen-bond acceptors (Lipinski definition) is 1. The standard InChI is InChI=1S/C19H29FO/c1-18-9-4-3-5-12(18)6-7-13-14(18)8-10-19(2)15(13)11-16(20)17(19)21/h12-16H,3-11H2,1-2H3/t12-,13-,14+,15+,16-,18+,19+/m1/s1. The van der Waals surface area contributed by atoms with Crippen LogP contribution in [0, 0.1) is 34.5 Å². The number of halogens is 1. The Hall–Kier alpha value is -0.400. The molecule has 0 aromatic rings. The predicted octanol–water partition coefficient (Wildman–Crippen LogP) is 4.94. The molecule has 4 fully saturated rings. The number of Topliss-reactive ketones (excluding diaryl/α,β-unsaturated/α-hetero) is 1. The molecule has 0 aromatic heterocycles. The molecule has 0 radical (unpaired) electrons. The number of alkyl halides is 1. The maximum Gasteiger partial charge on any atom is 0.173 e. The van der Waals surface area contributed by atoms with Crippen LogP contribution in [0.5, 0.6) is 0 Å². The number of carbonyl (C=O) groups is 1. The molecule has 4 rings (SSSR count). The third kappa shape index (κ3) is 1.77. The summed E-state index contributed by atoms with van der Waals surface area (Å²) in [4.78, 5) is 12.3. The molecule has 2 heteroatoms. The Bertz CT molecular complexity index is 460. The summed E-state index contributed by atoms with van der Waals surface area (Å²) in [5.74, 6) is 2.54. The molecule has 21 heavy (non-hydrogen) atoms. The molecule has 0 N–H and O–H groups in total. The summed E-state index contributed by atoms with van der Waals surface area (Å²) in [6, 6.07) is 0. The van der Waals surface area contributed by atoms with Crippen LogP contribution in [0.1, 0.15) is 71.6 Å². The molecule has 7 atom stereocenters. The van der Waals surface area contributed by atoms with Crippen LogP contribution < -0.4 is 0 Å². The second-order valence-corrected chi connectivity index (χ2v) is 8.93. The Labute approximate surface area is 128 Å². The SMILES string of the molecule is C[C@]12CCCC[C@@H]1CC[C@@H]1[C@@H]2CC[C@]2(C)C(=O)[C@H](F)C[C@@H]12. The van der Waals surface area contributed by atoms with Crippen molar-refractivity contribution in [3.63, 3.8) is 0 Å². The maximum absolute atomic E-state index is 14.1. The summed E-state index contributed by atoms with van der Waals surface area (Å²) in [6.45, 7) is 4.60. The van der Waals surface area contributed by atoms with E-state index in [0.717, 1.165) is 18.3 Å². The third-order valence-electron chi connectivity index (χ3n) is 8.28. The molecule has 4 saturated carbocycles. The first-order valence-electron chi connectivity index (χ1n) is 9.15. The predicted molar refractivity (Wildman–Crippen MR) is 81.6 cm³/mol. The van der Waals surface area contributed by atoms with Crippen molar-refractivity contribution < 1.29 is 9.18 Å². The zero-order chi connectivity index (χ0) is 14.8. The average Bonchev–Trinajstić information content (AvgIpc) is 2.70. The molecule has 1 nitrogen and oxygen atoms in total. The monoisotopic (exact) mass is 292 g/mol. The van der Waals surface area contributed by atoms with E-state index in [1.807, 2.05) is 0 Å². The van der Waals surface area contributed by atoms with Crippen LogP contribution >= 0.6 is 0 Å². The van der Waals surface area contributed by atoms with Crippen molar-refractivity contribution in [3.05, 3.63) is 0 Å². The molecule has 0 saturated heterocycles. The van der Waals surface area contributed by atoms with E-state index in [-0.39, 0.29) is 11.2 Å². The average molecular weight is 292 g/mol. The minimum Gasteiger partial charge on any atom is -0.296 e. The lowest BCUT2D eigenvalue weighted by Crippen LogP contribution is -2.52. The van der Waals surface area contributed by atoms with Crippen molar-refractivity contribution >= 4 is 5.78 Å². The lowest BCUT2D eigenvalue weighted by molar-refractivity contribution is -0.140. The number of carbonyl (C=O) groups excluding carboxylic acids is 1. The fourth-order valence-electron chi connectivity index (χ4n) is 7.04. The van der Waals surface area contributed by atoms with Gasteiger partial charge in [-0.3, -0.25) is 4.79 Å². The summed E-state index contributed by atoms with van der Waals surface area (Å²) in [6.07, 6.45) is 9.62. The van der Waals surface area contributed by atoms with Crippen LogP contribution in [0.15, 0.2) is 0 Å². The maximum atomic E-state index is 14.1. The van der Waals surface area contributed by atoms with Gasteiger partial charge in [-0.2, -0.15) is 0 Å². The highest BCUT2D eigenvalue weighted by atomic mass is 19.1. The van der Waals surface area contributed by atoms with Crippen LogP contribution in [0.3, 0.4) is 0 Å². The van der Waals surface area contributed by atoms with Gasteiger partial charge in [0.05, 0.1) is 0 Å². The minimum absolute atomic E-state index is 0.0677. The minimum atomic E-state index is -1.17. The van der Waals surface area contributed by atoms with Crippen molar-refractivity contribution in [1.82, 2.24) is 0 Å². The number of rotatable bonds is 0. The lowest BCUT2D eigenvalue weighted by atomic mass is 9.45. The summed E-state index contributed by atoms with van der Waals surface area (Å²) in [5, 5.41) is 0. The van der Waals surface area contributed by atoms with E-state index >= 15 is 0 Å². The fraction of sp³-hybridized carbons (Fsp3) is 0.947. The van der Waals surface area contributed by atoms with Crippen LogP contribution in [0.2, 0.25) is 0 Å². The van der Waals surface area contributed by atoms with E-state index < -0.39 is 6.17 Å². The molecule has 0 amide bonds. The van der Waals surface area contributed by atoms with E-state index in [2.05, 4.69) is 13.8 Å². The number of hydrogen-bond donors (Lipinski definition) is 0. The van der Waals surface area contributed by atoms with Crippen LogP contribution in [0.4, 0.5) is 4.39 Å². The lowest BCUT2D eigenvalue weighted by Gasteiger charge is -2.59. The highest BCUT2D eigenvalue weighted by molar-refractivity contribution is 5.91. The van der Waals surface area contributed by atoms with Gasteiger partial charge in [-0.05, 0) is 74.0 Å². The largest absolute Gasteiger partial charge is 0.296 e. The summed E-state index contributed by atoms with van der Waals surface area (Å²) >= 11 is 0. The third-order valence-corrected chi connectivity index (χ3v) is 8.28. The van der Waals surface area contributed by atoms with Gasteiger partial charge >= 0.3 is 0 Å². The zero-order valence-electron chi connectivity index (χ0n) is 13.5. The molecule has 0 aromatic carbocycles. The van der Waals surface area contributed by atoms with Gasteiger partial charge in [-0.1, -0.05) is 26.7 Å². The summed E-state index contributed by atoms with van der Waals surface area (Å²) < 4.78 is 14.1. The Balaban J connectivity index is 1.67. The van der Waals surface area contributed by atoms with Crippen LogP contribution in [-0.4, -0.2) is 12.0 Å². The second-order valence-electron chi connectivity index (χ2n) is 8.93. The zero-order valence-corrected chi connectivity index (χ0v) is 13.5. The number of ketones is 1. The molecule has 0 spiro atoms. The van der Waals surface area contributed by atoms with Crippen molar-refractivity contribution in [3.8, 4) is 0 Å². The van der Waals surface area contributed by atoms with Crippen molar-refractivity contribution in [2.45, 2.75) is 77.8 Å². The molecule has 0 heterocycles. The van der Waals surface area contributed by atoms with E-state index in [1.54, 1.807) is 0 Å². The molecule has 118 valence electrons. The molecular weight excluding hydrogens is 263 g/mol. The van der Waals surface area contributed by atoms with Gasteiger partial charge in [0, 0.05) is 5.41 Å². The van der Waals surface area contributed by atoms with Crippen molar-refractivity contribution in [1.29, 1.82) is 0 Å². The van der Waals surface area contributed by atoms with Crippen LogP contribution in [0.25, 0.3) is 0 Å². The molecule has 0 unspecified atom stereocenters. The molecular formula is C19H29FO. The van der Waals surface area contributed by atoms with Crippen molar-refractivity contribution in [2.75, 3.05) is 0 Å². The topological polar surface area (TPSA) is 17.1 Å². The van der Waals surface area contributed by atoms with Gasteiger partial charge in [0.1, 0.15) is 0 Å². The fourth-order valence-corrected chi connectivity index (χ4v) is 7.04. The second kappa shape index (κ2) is 4.55. The Morgan fingerprint density at radius 3 is 2.62 bits per heavy atom. The van der Waals surface area contributed by atoms with Gasteiger partial charge in [-0.15, -0.1) is 0 Å². The van der Waals surface area contributed by atoms with E-state index in [0.29, 0.717) is 23.7 Å². The summed E-state index contributed by atoms with van der Waals surface area (Å²) in [7, 11) is 0. The molecule has 0 aliphatic heterocycles.